The summed E-state index contributed by atoms with van der Waals surface area (Å²) in [7, 11) is 2.13. The maximum atomic E-state index is 11.2. The molecule has 3 rings (SSSR count). The molecule has 184 valence electrons. The molecule has 2 atom stereocenters. The summed E-state index contributed by atoms with van der Waals surface area (Å²) in [5, 5.41) is 0. The van der Waals surface area contributed by atoms with Crippen molar-refractivity contribution in [3.05, 3.63) is 59.2 Å². The number of aliphatic imine (C=N–C) groups is 1. The van der Waals surface area contributed by atoms with E-state index in [1.165, 1.54) is 28.1 Å². The Kier molecular flexibility index (Phi) is 9.85. The van der Waals surface area contributed by atoms with Gasteiger partial charge in [0.1, 0.15) is 5.84 Å². The number of halogens is 2. The number of carbonyl (C=O) groups excluding carboxylic acids is 1. The van der Waals surface area contributed by atoms with Crippen LogP contribution in [0.4, 0.5) is 11.4 Å². The number of benzene rings is 1. The van der Waals surface area contributed by atoms with E-state index in [2.05, 4.69) is 61.0 Å². The lowest BCUT2D eigenvalue weighted by molar-refractivity contribution is -0.112. The molecule has 0 saturated heterocycles. The summed E-state index contributed by atoms with van der Waals surface area (Å²) in [6, 6.07) is 6.71. The summed E-state index contributed by atoms with van der Waals surface area (Å²) in [4.78, 5) is 20.8. The normalized spacial score (nSPS) is 21.8. The molecule has 0 saturated carbocycles. The van der Waals surface area contributed by atoms with Crippen molar-refractivity contribution < 1.29 is 4.79 Å². The van der Waals surface area contributed by atoms with Crippen LogP contribution in [0.3, 0.4) is 0 Å². The van der Waals surface area contributed by atoms with Crippen molar-refractivity contribution in [2.45, 2.75) is 46.0 Å². The monoisotopic (exact) mass is 501 g/mol. The van der Waals surface area contributed by atoms with E-state index in [4.69, 9.17) is 28.2 Å². The van der Waals surface area contributed by atoms with Gasteiger partial charge in [-0.3, -0.25) is 9.79 Å². The van der Waals surface area contributed by atoms with Gasteiger partial charge >= 0.3 is 0 Å². The number of fused-ring (bicyclic) bond motifs is 1. The molecule has 2 aliphatic rings. The standard InChI is InChI=1S/C28H37Cl2N3O/c1-20-5-12-28(31-19-24-9-8-23(17-21(24)2)7-6-22(3)34)32(4)27-11-10-25(18-26(20)27)33(15-13-29)16-14-30/h6-11,18,20-21H,5,12-17,19H2,1-4H3. The minimum atomic E-state index is 0.0820. The van der Waals surface area contributed by atoms with Crippen LogP contribution in [0.1, 0.15) is 51.5 Å². The SMILES string of the molecule is CC(=O)C=CC1=CC=C(CN=C2CCC(C)c3cc(N(CCCl)CCCl)ccc3N2C)C(C)C1. The quantitative estimate of drug-likeness (QED) is 0.277. The first-order valence-electron chi connectivity index (χ1n) is 12.2. The van der Waals surface area contributed by atoms with Gasteiger partial charge in [0.15, 0.2) is 5.78 Å². The Labute approximate surface area is 215 Å². The highest BCUT2D eigenvalue weighted by Gasteiger charge is 2.24. The summed E-state index contributed by atoms with van der Waals surface area (Å²) in [5.41, 5.74) is 6.30. The number of nitrogens with zero attached hydrogens (tertiary/aromatic N) is 3. The van der Waals surface area contributed by atoms with E-state index >= 15 is 0 Å². The van der Waals surface area contributed by atoms with Gasteiger partial charge < -0.3 is 9.80 Å². The molecule has 0 spiro atoms. The summed E-state index contributed by atoms with van der Waals surface area (Å²) in [6.07, 6.45) is 10.9. The largest absolute Gasteiger partial charge is 0.369 e. The number of anilines is 2. The molecule has 0 aromatic heterocycles. The zero-order valence-corrected chi connectivity index (χ0v) is 22.4. The van der Waals surface area contributed by atoms with Gasteiger partial charge in [-0.05, 0) is 72.6 Å². The average molecular weight is 503 g/mol. The molecule has 1 aromatic rings. The molecule has 2 unspecified atom stereocenters. The molecule has 1 aliphatic carbocycles. The van der Waals surface area contributed by atoms with Crippen LogP contribution in [0.15, 0.2) is 58.6 Å². The average Bonchev–Trinajstić information content (AvgIpc) is 2.93. The first-order valence-corrected chi connectivity index (χ1v) is 13.3. The lowest BCUT2D eigenvalue weighted by Gasteiger charge is -2.27. The predicted octanol–water partition coefficient (Wildman–Crippen LogP) is 6.74. The third-order valence-electron chi connectivity index (χ3n) is 6.83. The van der Waals surface area contributed by atoms with E-state index in [0.717, 1.165) is 38.2 Å². The van der Waals surface area contributed by atoms with Gasteiger partial charge in [-0.25, -0.2) is 0 Å². The maximum Gasteiger partial charge on any atom is 0.152 e. The molecule has 6 heteroatoms. The topological polar surface area (TPSA) is 35.9 Å². The number of hydrogen-bond acceptors (Lipinski definition) is 3. The molecule has 1 aromatic carbocycles. The Morgan fingerprint density at radius 3 is 2.56 bits per heavy atom. The Morgan fingerprint density at radius 1 is 1.18 bits per heavy atom. The molecule has 1 aliphatic heterocycles. The van der Waals surface area contributed by atoms with Crippen LogP contribution in [-0.4, -0.2) is 50.1 Å². The molecule has 0 N–H and O–H groups in total. The van der Waals surface area contributed by atoms with Crippen LogP contribution >= 0.6 is 23.2 Å². The third-order valence-corrected chi connectivity index (χ3v) is 7.17. The van der Waals surface area contributed by atoms with Crippen molar-refractivity contribution in [2.75, 3.05) is 48.2 Å². The second-order valence-electron chi connectivity index (χ2n) is 9.37. The van der Waals surface area contributed by atoms with E-state index < -0.39 is 0 Å². The van der Waals surface area contributed by atoms with Gasteiger partial charge in [-0.2, -0.15) is 0 Å². The predicted molar refractivity (Wildman–Crippen MR) is 148 cm³/mol. The smallest absolute Gasteiger partial charge is 0.152 e. The Balaban J connectivity index is 1.80. The molecule has 4 nitrogen and oxygen atoms in total. The second-order valence-corrected chi connectivity index (χ2v) is 10.1. The van der Waals surface area contributed by atoms with Crippen LogP contribution in [0.25, 0.3) is 0 Å². The lowest BCUT2D eigenvalue weighted by Crippen LogP contribution is -2.28. The fourth-order valence-corrected chi connectivity index (χ4v) is 5.08. The Hall–Kier alpha value is -2.04. The molecule has 0 amide bonds. The van der Waals surface area contributed by atoms with Crippen LogP contribution in [0, 0.1) is 5.92 Å². The van der Waals surface area contributed by atoms with E-state index in [1.807, 2.05) is 6.08 Å². The number of amidine groups is 1. The van der Waals surface area contributed by atoms with E-state index in [0.29, 0.717) is 30.1 Å². The van der Waals surface area contributed by atoms with Crippen molar-refractivity contribution >= 4 is 46.2 Å². The van der Waals surface area contributed by atoms with Crippen molar-refractivity contribution in [2.24, 2.45) is 10.9 Å². The van der Waals surface area contributed by atoms with Crippen LogP contribution < -0.4 is 9.80 Å². The molecule has 0 radical (unpaired) electrons. The van der Waals surface area contributed by atoms with Gasteiger partial charge in [0, 0.05) is 49.7 Å². The van der Waals surface area contributed by atoms with Gasteiger partial charge in [0.2, 0.25) is 0 Å². The number of carbonyl (C=O) groups is 1. The summed E-state index contributed by atoms with van der Waals surface area (Å²) < 4.78 is 0. The fraction of sp³-hybridized carbons (Fsp3) is 0.500. The summed E-state index contributed by atoms with van der Waals surface area (Å²) in [6.45, 7) is 8.42. The summed E-state index contributed by atoms with van der Waals surface area (Å²) in [5.74, 6) is 3.25. The molecular formula is C28H37Cl2N3O. The Morgan fingerprint density at radius 2 is 1.91 bits per heavy atom. The van der Waals surface area contributed by atoms with Crippen molar-refractivity contribution in [1.82, 2.24) is 0 Å². The third kappa shape index (κ3) is 6.76. The van der Waals surface area contributed by atoms with Crippen molar-refractivity contribution in [1.29, 1.82) is 0 Å². The number of hydrogen-bond donors (Lipinski definition) is 0. The fourth-order valence-electron chi connectivity index (χ4n) is 4.68. The summed E-state index contributed by atoms with van der Waals surface area (Å²) >= 11 is 12.1. The van der Waals surface area contributed by atoms with E-state index in [-0.39, 0.29) is 5.78 Å². The van der Waals surface area contributed by atoms with Crippen LogP contribution in [-0.2, 0) is 4.79 Å². The molecule has 0 bridgehead atoms. The molecule has 0 fully saturated rings. The first-order chi connectivity index (χ1) is 16.3. The first kappa shape index (κ1) is 26.6. The van der Waals surface area contributed by atoms with Gasteiger partial charge in [0.05, 0.1) is 6.54 Å². The van der Waals surface area contributed by atoms with Crippen LogP contribution in [0.5, 0.6) is 0 Å². The van der Waals surface area contributed by atoms with Gasteiger partial charge in [-0.15, -0.1) is 23.2 Å². The number of allylic oxidation sites excluding steroid dienone is 5. The molecule has 1 heterocycles. The van der Waals surface area contributed by atoms with E-state index in [1.54, 1.807) is 13.0 Å². The molecule has 34 heavy (non-hydrogen) atoms. The molecular weight excluding hydrogens is 465 g/mol. The Bertz CT molecular complexity index is 989. The maximum absolute atomic E-state index is 11.2. The highest BCUT2D eigenvalue weighted by Crippen LogP contribution is 2.37. The van der Waals surface area contributed by atoms with Crippen molar-refractivity contribution in [3.63, 3.8) is 0 Å². The van der Waals surface area contributed by atoms with Gasteiger partial charge in [0.25, 0.3) is 0 Å². The van der Waals surface area contributed by atoms with Gasteiger partial charge in [-0.1, -0.05) is 32.1 Å². The number of rotatable bonds is 9. The number of ketones is 1. The number of alkyl halides is 2. The highest BCUT2D eigenvalue weighted by atomic mass is 35.5. The van der Waals surface area contributed by atoms with E-state index in [9.17, 15) is 4.79 Å². The lowest BCUT2D eigenvalue weighted by atomic mass is 9.88. The zero-order valence-electron chi connectivity index (χ0n) is 20.9. The highest BCUT2D eigenvalue weighted by molar-refractivity contribution is 6.18. The van der Waals surface area contributed by atoms with Crippen molar-refractivity contribution in [3.8, 4) is 0 Å². The minimum absolute atomic E-state index is 0.0820. The second kappa shape index (κ2) is 12.6. The van der Waals surface area contributed by atoms with Crippen LogP contribution in [0.2, 0.25) is 0 Å². The zero-order chi connectivity index (χ0) is 24.7. The minimum Gasteiger partial charge on any atom is -0.369 e.